The van der Waals surface area contributed by atoms with E-state index in [1.165, 1.54) is 6.07 Å². The molecule has 0 aliphatic heterocycles. The summed E-state index contributed by atoms with van der Waals surface area (Å²) in [7, 11) is 0. The molecule has 0 spiro atoms. The van der Waals surface area contributed by atoms with Crippen LogP contribution in [0.3, 0.4) is 0 Å². The summed E-state index contributed by atoms with van der Waals surface area (Å²) < 4.78 is 37.8. The Morgan fingerprint density at radius 3 is 2.35 bits per heavy atom. The Morgan fingerprint density at radius 1 is 1.35 bits per heavy atom. The highest BCUT2D eigenvalue weighted by Crippen LogP contribution is 2.53. The van der Waals surface area contributed by atoms with Gasteiger partial charge in [-0.25, -0.2) is 0 Å². The van der Waals surface area contributed by atoms with Gasteiger partial charge >= 0.3 is 6.18 Å². The molecule has 5 heteroatoms. The van der Waals surface area contributed by atoms with E-state index in [1.807, 2.05) is 0 Å². The van der Waals surface area contributed by atoms with Crippen LogP contribution in [0.4, 0.5) is 13.2 Å². The number of hydrogen-bond donors (Lipinski definition) is 1. The van der Waals surface area contributed by atoms with Gasteiger partial charge in [0.25, 0.3) is 0 Å². The Bertz CT molecular complexity index is 436. The molecule has 0 saturated heterocycles. The fourth-order valence-electron chi connectivity index (χ4n) is 2.13. The highest BCUT2D eigenvalue weighted by Gasteiger charge is 2.50. The van der Waals surface area contributed by atoms with E-state index in [-0.39, 0.29) is 5.02 Å². The standard InChI is InChI=1S/C12H12ClF3O/c1-7(17)11(4-5-11)9-6-8(12(14,15)16)2-3-10(9)13/h2-3,6-7,17H,4-5H2,1H3. The fourth-order valence-corrected chi connectivity index (χ4v) is 2.44. The zero-order valence-electron chi connectivity index (χ0n) is 9.18. The molecule has 2 rings (SSSR count). The number of rotatable bonds is 2. The van der Waals surface area contributed by atoms with Crippen LogP contribution in [0.15, 0.2) is 18.2 Å². The van der Waals surface area contributed by atoms with Crippen molar-refractivity contribution in [3.63, 3.8) is 0 Å². The molecule has 1 aliphatic rings. The third-order valence-electron chi connectivity index (χ3n) is 3.42. The Kier molecular flexibility index (Phi) is 2.91. The zero-order valence-corrected chi connectivity index (χ0v) is 9.94. The van der Waals surface area contributed by atoms with Crippen molar-refractivity contribution in [2.45, 2.75) is 37.5 Å². The summed E-state index contributed by atoms with van der Waals surface area (Å²) in [6.45, 7) is 1.59. The van der Waals surface area contributed by atoms with Crippen LogP contribution in [0.2, 0.25) is 5.02 Å². The van der Waals surface area contributed by atoms with Crippen LogP contribution in [0, 0.1) is 0 Å². The van der Waals surface area contributed by atoms with E-state index in [0.717, 1.165) is 12.1 Å². The molecule has 1 saturated carbocycles. The molecule has 1 fully saturated rings. The van der Waals surface area contributed by atoms with Gasteiger partial charge in [-0.1, -0.05) is 11.6 Å². The number of halogens is 4. The number of aliphatic hydroxyl groups excluding tert-OH is 1. The van der Waals surface area contributed by atoms with Gasteiger partial charge in [0, 0.05) is 10.4 Å². The lowest BCUT2D eigenvalue weighted by molar-refractivity contribution is -0.137. The third-order valence-corrected chi connectivity index (χ3v) is 3.75. The van der Waals surface area contributed by atoms with E-state index in [0.29, 0.717) is 18.4 Å². The Morgan fingerprint density at radius 2 is 1.94 bits per heavy atom. The lowest BCUT2D eigenvalue weighted by Gasteiger charge is -2.21. The van der Waals surface area contributed by atoms with E-state index in [4.69, 9.17) is 11.6 Å². The van der Waals surface area contributed by atoms with Crippen molar-refractivity contribution in [1.82, 2.24) is 0 Å². The first-order valence-corrected chi connectivity index (χ1v) is 5.70. The highest BCUT2D eigenvalue weighted by atomic mass is 35.5. The molecule has 94 valence electrons. The highest BCUT2D eigenvalue weighted by molar-refractivity contribution is 6.31. The van der Waals surface area contributed by atoms with Gasteiger partial charge in [0.05, 0.1) is 11.7 Å². The molecule has 0 heterocycles. The van der Waals surface area contributed by atoms with Crippen molar-refractivity contribution in [1.29, 1.82) is 0 Å². The summed E-state index contributed by atoms with van der Waals surface area (Å²) >= 11 is 5.94. The number of alkyl halides is 3. The fraction of sp³-hybridized carbons (Fsp3) is 0.500. The molecule has 0 radical (unpaired) electrons. The second kappa shape index (κ2) is 3.89. The lowest BCUT2D eigenvalue weighted by atomic mass is 9.89. The van der Waals surface area contributed by atoms with Gasteiger partial charge in [0.15, 0.2) is 0 Å². The van der Waals surface area contributed by atoms with Crippen molar-refractivity contribution in [2.75, 3.05) is 0 Å². The molecule has 1 unspecified atom stereocenters. The van der Waals surface area contributed by atoms with Crippen molar-refractivity contribution in [3.8, 4) is 0 Å². The van der Waals surface area contributed by atoms with Gasteiger partial charge < -0.3 is 5.11 Å². The van der Waals surface area contributed by atoms with Crippen molar-refractivity contribution < 1.29 is 18.3 Å². The predicted octanol–water partition coefficient (Wildman–Crippen LogP) is 3.77. The minimum absolute atomic E-state index is 0.288. The van der Waals surface area contributed by atoms with Crippen molar-refractivity contribution >= 4 is 11.6 Å². The second-order valence-corrected chi connectivity index (χ2v) is 4.93. The Labute approximate surface area is 102 Å². The normalized spacial score (nSPS) is 20.1. The first-order valence-electron chi connectivity index (χ1n) is 5.33. The maximum Gasteiger partial charge on any atom is 0.416 e. The van der Waals surface area contributed by atoms with Crippen LogP contribution >= 0.6 is 11.6 Å². The number of benzene rings is 1. The van der Waals surface area contributed by atoms with Gasteiger partial charge in [-0.2, -0.15) is 13.2 Å². The molecule has 1 nitrogen and oxygen atoms in total. The number of hydrogen-bond acceptors (Lipinski definition) is 1. The van der Waals surface area contributed by atoms with Gasteiger partial charge in [-0.05, 0) is 43.5 Å². The van der Waals surface area contributed by atoms with Crippen molar-refractivity contribution in [3.05, 3.63) is 34.3 Å². The molecular formula is C12H12ClF3O. The largest absolute Gasteiger partial charge is 0.416 e. The summed E-state index contributed by atoms with van der Waals surface area (Å²) in [4.78, 5) is 0. The van der Waals surface area contributed by atoms with E-state index in [1.54, 1.807) is 6.92 Å². The van der Waals surface area contributed by atoms with Crippen molar-refractivity contribution in [2.24, 2.45) is 0 Å². The van der Waals surface area contributed by atoms with Gasteiger partial charge in [-0.15, -0.1) is 0 Å². The molecule has 1 atom stereocenters. The molecular weight excluding hydrogens is 253 g/mol. The molecule has 0 aromatic heterocycles. The monoisotopic (exact) mass is 264 g/mol. The molecule has 1 aliphatic carbocycles. The summed E-state index contributed by atoms with van der Waals surface area (Å²) in [5.41, 5.74) is -0.897. The first kappa shape index (κ1) is 12.7. The maximum atomic E-state index is 12.6. The molecule has 1 aromatic carbocycles. The zero-order chi connectivity index (χ0) is 12.8. The smallest absolute Gasteiger partial charge is 0.392 e. The Hall–Kier alpha value is -0.740. The summed E-state index contributed by atoms with van der Waals surface area (Å²) in [5.74, 6) is 0. The molecule has 0 amide bonds. The summed E-state index contributed by atoms with van der Waals surface area (Å²) in [5, 5.41) is 9.96. The summed E-state index contributed by atoms with van der Waals surface area (Å²) in [6.07, 6.45) is -3.73. The molecule has 1 aromatic rings. The van der Waals surface area contributed by atoms with Crippen LogP contribution < -0.4 is 0 Å². The van der Waals surface area contributed by atoms with Crippen LogP contribution in [-0.4, -0.2) is 11.2 Å². The van der Waals surface area contributed by atoms with Gasteiger partial charge in [0.1, 0.15) is 0 Å². The van der Waals surface area contributed by atoms with Crippen LogP contribution in [0.25, 0.3) is 0 Å². The van der Waals surface area contributed by atoms with E-state index in [9.17, 15) is 18.3 Å². The second-order valence-electron chi connectivity index (χ2n) is 4.52. The minimum atomic E-state index is -4.38. The first-order chi connectivity index (χ1) is 7.77. The topological polar surface area (TPSA) is 20.2 Å². The predicted molar refractivity (Wildman–Crippen MR) is 59.0 cm³/mol. The molecule has 1 N–H and O–H groups in total. The van der Waals surface area contributed by atoms with Crippen LogP contribution in [0.5, 0.6) is 0 Å². The van der Waals surface area contributed by atoms with E-state index in [2.05, 4.69) is 0 Å². The number of aliphatic hydroxyl groups is 1. The van der Waals surface area contributed by atoms with Gasteiger partial charge in [-0.3, -0.25) is 0 Å². The van der Waals surface area contributed by atoms with E-state index < -0.39 is 23.3 Å². The van der Waals surface area contributed by atoms with Gasteiger partial charge in [0.2, 0.25) is 0 Å². The quantitative estimate of drug-likeness (QED) is 0.862. The molecule has 0 bridgehead atoms. The molecule has 17 heavy (non-hydrogen) atoms. The minimum Gasteiger partial charge on any atom is -0.392 e. The average Bonchev–Trinajstić information content (AvgIpc) is 2.97. The summed E-state index contributed by atoms with van der Waals surface area (Å²) in [6, 6.07) is 3.27. The average molecular weight is 265 g/mol. The van der Waals surface area contributed by atoms with Crippen LogP contribution in [-0.2, 0) is 11.6 Å². The lowest BCUT2D eigenvalue weighted by Crippen LogP contribution is -2.23. The SMILES string of the molecule is CC(O)C1(c2cc(C(F)(F)F)ccc2Cl)CC1. The maximum absolute atomic E-state index is 12.6. The third kappa shape index (κ3) is 2.16. The van der Waals surface area contributed by atoms with E-state index >= 15 is 0 Å². The Balaban J connectivity index is 2.48. The van der Waals surface area contributed by atoms with Crippen LogP contribution in [0.1, 0.15) is 30.9 Å².